The Balaban J connectivity index is 1.61. The smallest absolute Gasteiger partial charge is 0.272 e. The number of nitrogens with zero attached hydrogens (tertiary/aromatic N) is 2. The largest absolute Gasteiger partial charge is 0.393 e. The number of aliphatic hydroxyl groups excluding tert-OH is 1. The Labute approximate surface area is 142 Å². The molecule has 126 valence electrons. The minimum Gasteiger partial charge on any atom is -0.393 e. The number of H-pyrrole nitrogens is 1. The molecule has 5 N–H and O–H groups in total. The third-order valence-corrected chi connectivity index (χ3v) is 5.63. The number of aromatic amines is 1. The van der Waals surface area contributed by atoms with Crippen LogP contribution in [0, 0.1) is 5.92 Å². The molecule has 24 heavy (non-hydrogen) atoms. The summed E-state index contributed by atoms with van der Waals surface area (Å²) in [5.41, 5.74) is 7.70. The van der Waals surface area contributed by atoms with Gasteiger partial charge in [0.2, 0.25) is 0 Å². The summed E-state index contributed by atoms with van der Waals surface area (Å²) >= 11 is 1.35. The summed E-state index contributed by atoms with van der Waals surface area (Å²) in [5.74, 6) is -0.120. The molecule has 2 heterocycles. The van der Waals surface area contributed by atoms with Gasteiger partial charge in [-0.05, 0) is 25.0 Å². The van der Waals surface area contributed by atoms with Gasteiger partial charge in [-0.1, -0.05) is 24.2 Å². The van der Waals surface area contributed by atoms with Gasteiger partial charge in [-0.25, -0.2) is 4.98 Å². The van der Waals surface area contributed by atoms with Crippen molar-refractivity contribution in [3.63, 3.8) is 0 Å². The Morgan fingerprint density at radius 3 is 3.08 bits per heavy atom. The van der Waals surface area contributed by atoms with Gasteiger partial charge in [0.25, 0.3) is 5.91 Å². The Morgan fingerprint density at radius 2 is 2.25 bits per heavy atom. The first-order chi connectivity index (χ1) is 11.6. The number of thiazole rings is 1. The first-order valence-electron chi connectivity index (χ1n) is 8.13. The molecular formula is C16H19N5O2S. The lowest BCUT2D eigenvalue weighted by atomic mass is 9.86. The molecule has 1 aliphatic carbocycles. The summed E-state index contributed by atoms with van der Waals surface area (Å²) in [6, 6.07) is 3.72. The number of aromatic nitrogens is 3. The first kappa shape index (κ1) is 15.3. The lowest BCUT2D eigenvalue weighted by molar-refractivity contribution is 0.0662. The number of benzene rings is 1. The number of anilines is 1. The fourth-order valence-electron chi connectivity index (χ4n) is 3.41. The van der Waals surface area contributed by atoms with Crippen LogP contribution in [0.3, 0.4) is 0 Å². The van der Waals surface area contributed by atoms with E-state index >= 15 is 0 Å². The molecule has 1 amide bonds. The van der Waals surface area contributed by atoms with Crippen LogP contribution < -0.4 is 11.1 Å². The molecule has 1 aliphatic rings. The van der Waals surface area contributed by atoms with E-state index in [-0.39, 0.29) is 17.9 Å². The monoisotopic (exact) mass is 345 g/mol. The van der Waals surface area contributed by atoms with Gasteiger partial charge in [0.1, 0.15) is 0 Å². The summed E-state index contributed by atoms with van der Waals surface area (Å²) in [6.45, 7) is 0.467. The predicted molar refractivity (Wildman–Crippen MR) is 94.0 cm³/mol. The van der Waals surface area contributed by atoms with Crippen molar-refractivity contribution < 1.29 is 9.90 Å². The van der Waals surface area contributed by atoms with Crippen molar-refractivity contribution in [2.45, 2.75) is 31.8 Å². The quantitative estimate of drug-likeness (QED) is 0.579. The fraction of sp³-hybridized carbons (Fsp3) is 0.438. The van der Waals surface area contributed by atoms with Gasteiger partial charge in [-0.3, -0.25) is 9.89 Å². The summed E-state index contributed by atoms with van der Waals surface area (Å²) < 4.78 is 0.863. The van der Waals surface area contributed by atoms with Crippen LogP contribution in [0.25, 0.3) is 21.1 Å². The van der Waals surface area contributed by atoms with Crippen molar-refractivity contribution in [2.24, 2.45) is 5.92 Å². The number of amides is 1. The maximum Gasteiger partial charge on any atom is 0.272 e. The van der Waals surface area contributed by atoms with Crippen LogP contribution in [0.2, 0.25) is 0 Å². The van der Waals surface area contributed by atoms with E-state index in [0.29, 0.717) is 17.4 Å². The highest BCUT2D eigenvalue weighted by molar-refractivity contribution is 7.23. The molecule has 0 aliphatic heterocycles. The fourth-order valence-corrected chi connectivity index (χ4v) is 4.29. The number of aliphatic hydroxyl groups is 1. The SMILES string of the molecule is Nc1nc2ccc3[nH]nc(C(=O)NC[C@H]4CCCC[C@H]4O)c3c2s1. The highest BCUT2D eigenvalue weighted by Gasteiger charge is 2.25. The molecule has 0 spiro atoms. The van der Waals surface area contributed by atoms with Crippen LogP contribution >= 0.6 is 11.3 Å². The number of nitrogens with one attached hydrogen (secondary N) is 2. The van der Waals surface area contributed by atoms with E-state index in [1.54, 1.807) is 0 Å². The Bertz CT molecular complexity index is 903. The third kappa shape index (κ3) is 2.61. The summed E-state index contributed by atoms with van der Waals surface area (Å²) in [4.78, 5) is 16.9. The van der Waals surface area contributed by atoms with Crippen molar-refractivity contribution in [1.82, 2.24) is 20.5 Å². The molecule has 0 saturated heterocycles. The van der Waals surface area contributed by atoms with Crippen LogP contribution in [0.4, 0.5) is 5.13 Å². The van der Waals surface area contributed by atoms with E-state index in [4.69, 9.17) is 5.73 Å². The maximum atomic E-state index is 12.6. The number of hydrogen-bond donors (Lipinski definition) is 4. The lowest BCUT2D eigenvalue weighted by Crippen LogP contribution is -2.36. The molecule has 0 bridgehead atoms. The molecule has 1 fully saturated rings. The molecule has 1 aromatic carbocycles. The maximum absolute atomic E-state index is 12.6. The molecule has 3 aromatic rings. The summed E-state index contributed by atoms with van der Waals surface area (Å²) in [5, 5.41) is 21.2. The van der Waals surface area contributed by atoms with E-state index in [0.717, 1.165) is 46.8 Å². The molecule has 0 radical (unpaired) electrons. The first-order valence-corrected chi connectivity index (χ1v) is 8.94. The molecular weight excluding hydrogens is 326 g/mol. The van der Waals surface area contributed by atoms with Crippen LogP contribution in [-0.2, 0) is 0 Å². The van der Waals surface area contributed by atoms with Crippen molar-refractivity contribution in [3.05, 3.63) is 17.8 Å². The molecule has 0 unspecified atom stereocenters. The number of carbonyl (C=O) groups is 1. The van der Waals surface area contributed by atoms with Crippen LogP contribution in [0.1, 0.15) is 36.2 Å². The van der Waals surface area contributed by atoms with Gasteiger partial charge in [0.05, 0.1) is 27.2 Å². The Hall–Kier alpha value is -2.19. The second-order valence-electron chi connectivity index (χ2n) is 6.28. The van der Waals surface area contributed by atoms with Gasteiger partial charge in [-0.15, -0.1) is 0 Å². The van der Waals surface area contributed by atoms with Gasteiger partial charge in [0.15, 0.2) is 10.8 Å². The van der Waals surface area contributed by atoms with E-state index in [2.05, 4.69) is 20.5 Å². The second-order valence-corrected chi connectivity index (χ2v) is 7.31. The molecule has 4 rings (SSSR count). The third-order valence-electron chi connectivity index (χ3n) is 4.71. The van der Waals surface area contributed by atoms with Crippen LogP contribution in [0.15, 0.2) is 12.1 Å². The molecule has 1 saturated carbocycles. The number of fused-ring (bicyclic) bond motifs is 3. The van der Waals surface area contributed by atoms with Crippen molar-refractivity contribution in [1.29, 1.82) is 0 Å². The summed E-state index contributed by atoms with van der Waals surface area (Å²) in [7, 11) is 0. The zero-order chi connectivity index (χ0) is 16.7. The molecule has 8 heteroatoms. The number of rotatable bonds is 3. The van der Waals surface area contributed by atoms with Crippen LogP contribution in [0.5, 0.6) is 0 Å². The van der Waals surface area contributed by atoms with Crippen molar-refractivity contribution in [2.75, 3.05) is 12.3 Å². The normalized spacial score (nSPS) is 21.4. The zero-order valence-corrected chi connectivity index (χ0v) is 13.9. The summed E-state index contributed by atoms with van der Waals surface area (Å²) in [6.07, 6.45) is 3.58. The minimum absolute atomic E-state index is 0.118. The lowest BCUT2D eigenvalue weighted by Gasteiger charge is -2.27. The second kappa shape index (κ2) is 6.03. The number of nitrogen functional groups attached to an aromatic ring is 1. The highest BCUT2D eigenvalue weighted by Crippen LogP contribution is 2.32. The predicted octanol–water partition coefficient (Wildman–Crippen LogP) is 2.04. The van der Waals surface area contributed by atoms with Gasteiger partial charge < -0.3 is 16.2 Å². The topological polar surface area (TPSA) is 117 Å². The van der Waals surface area contributed by atoms with Crippen molar-refractivity contribution in [3.8, 4) is 0 Å². The zero-order valence-electron chi connectivity index (χ0n) is 13.1. The van der Waals surface area contributed by atoms with E-state index < -0.39 is 0 Å². The molecule has 7 nitrogen and oxygen atoms in total. The van der Waals surface area contributed by atoms with E-state index in [9.17, 15) is 9.90 Å². The van der Waals surface area contributed by atoms with E-state index in [1.165, 1.54) is 11.3 Å². The minimum atomic E-state index is -0.331. The average Bonchev–Trinajstić information content (AvgIpc) is 3.15. The Morgan fingerprint density at radius 1 is 1.42 bits per heavy atom. The highest BCUT2D eigenvalue weighted by atomic mass is 32.1. The average molecular weight is 345 g/mol. The number of hydrogen-bond acceptors (Lipinski definition) is 6. The van der Waals surface area contributed by atoms with Crippen LogP contribution in [-0.4, -0.2) is 38.8 Å². The molecule has 2 atom stereocenters. The van der Waals surface area contributed by atoms with Gasteiger partial charge >= 0.3 is 0 Å². The van der Waals surface area contributed by atoms with Gasteiger partial charge in [-0.2, -0.15) is 5.10 Å². The van der Waals surface area contributed by atoms with Crippen molar-refractivity contribution >= 4 is 43.5 Å². The Kier molecular flexibility index (Phi) is 3.85. The number of nitrogens with two attached hydrogens (primary N) is 1. The number of carbonyl (C=O) groups excluding carboxylic acids is 1. The van der Waals surface area contributed by atoms with Gasteiger partial charge in [0, 0.05) is 12.5 Å². The standard InChI is InChI=1S/C16H19N5O2S/c17-16-19-10-6-5-9-12(14(10)24-16)13(21-20-9)15(23)18-7-8-3-1-2-4-11(8)22/h5-6,8,11,22H,1-4,7H2,(H2,17,19)(H,18,23)(H,20,21)/t8-,11-/m1/s1. The van der Waals surface area contributed by atoms with E-state index in [1.807, 2.05) is 12.1 Å². The molecule has 2 aromatic heterocycles.